The number of nitrogens with zero attached hydrogens (tertiary/aromatic N) is 2. The molecule has 8 nitrogen and oxygen atoms in total. The van der Waals surface area contributed by atoms with Crippen LogP contribution in [0.1, 0.15) is 37.6 Å². The summed E-state index contributed by atoms with van der Waals surface area (Å²) in [5, 5.41) is 6.98. The number of aromatic nitrogens is 2. The topological polar surface area (TPSA) is 97.7 Å². The van der Waals surface area contributed by atoms with E-state index in [1.165, 1.54) is 10.9 Å². The highest BCUT2D eigenvalue weighted by Crippen LogP contribution is 2.36. The number of H-pyrrole nitrogens is 1. The van der Waals surface area contributed by atoms with Crippen LogP contribution in [0.25, 0.3) is 5.69 Å². The number of nitrogens with one attached hydrogen (secondary N) is 2. The van der Waals surface area contributed by atoms with E-state index in [4.69, 9.17) is 9.47 Å². The van der Waals surface area contributed by atoms with Crippen molar-refractivity contribution in [2.45, 2.75) is 39.2 Å². The van der Waals surface area contributed by atoms with E-state index < -0.39 is 12.0 Å². The molecule has 1 aliphatic heterocycles. The molecule has 4 rings (SSSR count). The van der Waals surface area contributed by atoms with Crippen LogP contribution in [0.5, 0.6) is 11.5 Å². The highest BCUT2D eigenvalue weighted by Gasteiger charge is 2.28. The van der Waals surface area contributed by atoms with Gasteiger partial charge in [0.15, 0.2) is 11.5 Å². The molecule has 2 N–H and O–H groups in total. The van der Waals surface area contributed by atoms with E-state index >= 15 is 0 Å². The summed E-state index contributed by atoms with van der Waals surface area (Å²) in [5.74, 6) is 0.680. The van der Waals surface area contributed by atoms with Crippen LogP contribution in [0.2, 0.25) is 0 Å². The number of rotatable bonds is 4. The highest BCUT2D eigenvalue weighted by atomic mass is 16.6. The Morgan fingerprint density at radius 3 is 2.66 bits per heavy atom. The van der Waals surface area contributed by atoms with Crippen molar-refractivity contribution >= 4 is 12.1 Å². The van der Waals surface area contributed by atoms with Crippen molar-refractivity contribution < 1.29 is 14.3 Å². The molecule has 0 saturated heterocycles. The SMILES string of the molecule is Cc1[nH]n(-c2ccccc2)c(=O)c1/C=N/NC(=O)[C@H]1COc2ccc(C(C)(C)C)cc2O1. The number of aryl methyl sites for hydroxylation is 1. The summed E-state index contributed by atoms with van der Waals surface area (Å²) in [4.78, 5) is 25.3. The van der Waals surface area contributed by atoms with Gasteiger partial charge >= 0.3 is 0 Å². The average Bonchev–Trinajstić information content (AvgIpc) is 3.06. The second-order valence-corrected chi connectivity index (χ2v) is 8.69. The Morgan fingerprint density at radius 1 is 1.19 bits per heavy atom. The van der Waals surface area contributed by atoms with Crippen molar-refractivity contribution in [2.75, 3.05) is 6.61 Å². The monoisotopic (exact) mass is 434 g/mol. The smallest absolute Gasteiger partial charge is 0.284 e. The number of para-hydroxylation sites is 1. The summed E-state index contributed by atoms with van der Waals surface area (Å²) in [7, 11) is 0. The minimum atomic E-state index is -0.844. The van der Waals surface area contributed by atoms with E-state index in [-0.39, 0.29) is 17.6 Å². The first kappa shape index (κ1) is 21.4. The van der Waals surface area contributed by atoms with E-state index in [2.05, 4.69) is 36.4 Å². The normalized spacial score (nSPS) is 15.7. The zero-order chi connectivity index (χ0) is 22.9. The Balaban J connectivity index is 1.45. The van der Waals surface area contributed by atoms with Crippen LogP contribution in [0, 0.1) is 6.92 Å². The van der Waals surface area contributed by atoms with Gasteiger partial charge in [-0.2, -0.15) is 5.10 Å². The zero-order valence-corrected chi connectivity index (χ0v) is 18.5. The van der Waals surface area contributed by atoms with Crippen LogP contribution in [0.3, 0.4) is 0 Å². The molecule has 0 saturated carbocycles. The lowest BCUT2D eigenvalue weighted by molar-refractivity contribution is -0.130. The summed E-state index contributed by atoms with van der Waals surface area (Å²) < 4.78 is 13.0. The van der Waals surface area contributed by atoms with E-state index in [1.807, 2.05) is 48.5 Å². The van der Waals surface area contributed by atoms with Gasteiger partial charge in [-0.25, -0.2) is 10.1 Å². The molecule has 2 aromatic carbocycles. The second-order valence-electron chi connectivity index (χ2n) is 8.69. The Hall–Kier alpha value is -3.81. The lowest BCUT2D eigenvalue weighted by atomic mass is 9.87. The first-order valence-electron chi connectivity index (χ1n) is 10.4. The van der Waals surface area contributed by atoms with Crippen molar-refractivity contribution in [1.82, 2.24) is 15.2 Å². The maximum atomic E-state index is 12.7. The molecule has 1 aliphatic rings. The van der Waals surface area contributed by atoms with Gasteiger partial charge in [0.05, 0.1) is 17.5 Å². The van der Waals surface area contributed by atoms with Gasteiger partial charge in [-0.1, -0.05) is 45.0 Å². The fraction of sp³-hybridized carbons (Fsp3) is 0.292. The minimum Gasteiger partial charge on any atom is -0.485 e. The van der Waals surface area contributed by atoms with Gasteiger partial charge in [0.1, 0.15) is 6.61 Å². The molecular weight excluding hydrogens is 408 g/mol. The number of benzene rings is 2. The quantitative estimate of drug-likeness (QED) is 0.487. The molecular formula is C24H26N4O4. The van der Waals surface area contributed by atoms with Crippen molar-refractivity contribution in [1.29, 1.82) is 0 Å². The Bertz CT molecular complexity index is 1220. The Labute approximate surface area is 185 Å². The third-order valence-corrected chi connectivity index (χ3v) is 5.26. The lowest BCUT2D eigenvalue weighted by Crippen LogP contribution is -2.42. The highest BCUT2D eigenvalue weighted by molar-refractivity contribution is 5.85. The fourth-order valence-corrected chi connectivity index (χ4v) is 3.37. The van der Waals surface area contributed by atoms with Gasteiger partial charge in [0, 0.05) is 5.69 Å². The number of ether oxygens (including phenoxy) is 2. The number of hydrogen-bond donors (Lipinski definition) is 2. The molecule has 3 aromatic rings. The number of hydrogen-bond acceptors (Lipinski definition) is 5. The van der Waals surface area contributed by atoms with Gasteiger partial charge in [-0.05, 0) is 42.2 Å². The van der Waals surface area contributed by atoms with Gasteiger partial charge in [-0.15, -0.1) is 0 Å². The van der Waals surface area contributed by atoms with Gasteiger partial charge in [0.2, 0.25) is 6.10 Å². The van der Waals surface area contributed by atoms with Crippen molar-refractivity contribution in [3.05, 3.63) is 75.7 Å². The van der Waals surface area contributed by atoms with Gasteiger partial charge in [0.25, 0.3) is 11.5 Å². The standard InChI is InChI=1S/C24H26N4O4/c1-15-18(23(30)28(27-15)17-8-6-5-7-9-17)13-25-26-22(29)21-14-31-19-11-10-16(24(2,3)4)12-20(19)32-21/h5-13,21,27H,14H2,1-4H3,(H,26,29)/b25-13+/t21-/m1/s1. The molecule has 0 fully saturated rings. The van der Waals surface area contributed by atoms with E-state index in [0.29, 0.717) is 28.4 Å². The first-order chi connectivity index (χ1) is 15.2. The van der Waals surface area contributed by atoms with Crippen molar-refractivity contribution in [3.8, 4) is 17.2 Å². The third-order valence-electron chi connectivity index (χ3n) is 5.26. The number of carbonyl (C=O) groups excluding carboxylic acids is 1. The maximum absolute atomic E-state index is 12.7. The largest absolute Gasteiger partial charge is 0.485 e. The molecule has 2 heterocycles. The predicted octanol–water partition coefficient (Wildman–Crippen LogP) is 3.06. The Kier molecular flexibility index (Phi) is 5.61. The first-order valence-corrected chi connectivity index (χ1v) is 10.4. The van der Waals surface area contributed by atoms with E-state index in [9.17, 15) is 9.59 Å². The molecule has 0 bridgehead atoms. The van der Waals surface area contributed by atoms with Gasteiger partial charge < -0.3 is 9.47 Å². The van der Waals surface area contributed by atoms with Crippen molar-refractivity contribution in [2.24, 2.45) is 5.10 Å². The molecule has 0 spiro atoms. The molecule has 0 radical (unpaired) electrons. The van der Waals surface area contributed by atoms with Crippen LogP contribution >= 0.6 is 0 Å². The molecule has 8 heteroatoms. The van der Waals surface area contributed by atoms with E-state index in [0.717, 1.165) is 5.56 Å². The van der Waals surface area contributed by atoms with Crippen LogP contribution in [0.4, 0.5) is 0 Å². The molecule has 1 aromatic heterocycles. The van der Waals surface area contributed by atoms with Crippen LogP contribution in [0.15, 0.2) is 58.4 Å². The summed E-state index contributed by atoms with van der Waals surface area (Å²) in [6.45, 7) is 8.16. The number of amides is 1. The molecule has 166 valence electrons. The average molecular weight is 434 g/mol. The molecule has 0 unspecified atom stereocenters. The predicted molar refractivity (Wildman–Crippen MR) is 122 cm³/mol. The minimum absolute atomic E-state index is 0.0566. The molecule has 0 aliphatic carbocycles. The van der Waals surface area contributed by atoms with E-state index in [1.54, 1.807) is 6.92 Å². The molecule has 1 atom stereocenters. The van der Waals surface area contributed by atoms with Gasteiger partial charge in [-0.3, -0.25) is 14.7 Å². The third kappa shape index (κ3) is 4.30. The number of hydrazone groups is 1. The summed E-state index contributed by atoms with van der Waals surface area (Å²) >= 11 is 0. The molecule has 32 heavy (non-hydrogen) atoms. The Morgan fingerprint density at radius 2 is 1.94 bits per heavy atom. The lowest BCUT2D eigenvalue weighted by Gasteiger charge is -2.27. The van der Waals surface area contributed by atoms with Crippen LogP contribution in [-0.4, -0.2) is 34.6 Å². The maximum Gasteiger partial charge on any atom is 0.284 e. The second kappa shape index (κ2) is 8.37. The fourth-order valence-electron chi connectivity index (χ4n) is 3.37. The summed E-state index contributed by atoms with van der Waals surface area (Å²) in [6, 6.07) is 15.0. The summed E-state index contributed by atoms with van der Waals surface area (Å²) in [5.41, 5.74) is 4.92. The number of aromatic amines is 1. The number of fused-ring (bicyclic) bond motifs is 1. The number of carbonyl (C=O) groups is 1. The van der Waals surface area contributed by atoms with Crippen LogP contribution in [-0.2, 0) is 10.2 Å². The van der Waals surface area contributed by atoms with Crippen LogP contribution < -0.4 is 20.5 Å². The zero-order valence-electron chi connectivity index (χ0n) is 18.5. The van der Waals surface area contributed by atoms with Crippen molar-refractivity contribution in [3.63, 3.8) is 0 Å². The molecule has 1 amide bonds. The summed E-state index contributed by atoms with van der Waals surface area (Å²) in [6.07, 6.45) is 0.490.